The number of aromatic nitrogens is 1. The minimum atomic E-state index is -3.50. The maximum atomic E-state index is 12.7. The molecule has 176 valence electrons. The normalized spacial score (nSPS) is 16.2. The number of amidine groups is 1. The largest absolute Gasteiger partial charge is 0.454 e. The van der Waals surface area contributed by atoms with Gasteiger partial charge in [0.2, 0.25) is 5.78 Å². The van der Waals surface area contributed by atoms with E-state index in [0.29, 0.717) is 22.5 Å². The molecule has 0 saturated heterocycles. The molecule has 4 rings (SSSR count). The Bertz CT molecular complexity index is 1370. The van der Waals surface area contributed by atoms with E-state index in [9.17, 15) is 22.8 Å². The molecule has 1 amide bonds. The molecule has 34 heavy (non-hydrogen) atoms. The van der Waals surface area contributed by atoms with Crippen molar-refractivity contribution in [2.75, 3.05) is 24.3 Å². The summed E-state index contributed by atoms with van der Waals surface area (Å²) < 4.78 is 33.5. The monoisotopic (exact) mass is 482 g/mol. The van der Waals surface area contributed by atoms with Crippen molar-refractivity contribution in [2.24, 2.45) is 4.40 Å². The van der Waals surface area contributed by atoms with Crippen LogP contribution in [-0.2, 0) is 19.6 Å². The van der Waals surface area contributed by atoms with Crippen LogP contribution in [0.1, 0.15) is 32.1 Å². The minimum Gasteiger partial charge on any atom is -0.454 e. The first-order valence-corrected chi connectivity index (χ1v) is 12.0. The number of aryl methyl sites for hydroxylation is 1. The van der Waals surface area contributed by atoms with E-state index in [1.54, 1.807) is 49.1 Å². The molecule has 2 aliphatic rings. The molecule has 0 spiro atoms. The Hall–Kier alpha value is -3.99. The van der Waals surface area contributed by atoms with Crippen LogP contribution in [0, 0.1) is 13.8 Å². The lowest BCUT2D eigenvalue weighted by atomic mass is 10.1. The summed E-state index contributed by atoms with van der Waals surface area (Å²) in [7, 11) is -3.50. The van der Waals surface area contributed by atoms with Gasteiger partial charge in [0.25, 0.3) is 15.9 Å². The molecule has 2 aromatic rings. The van der Waals surface area contributed by atoms with Crippen LogP contribution in [0.4, 0.5) is 0 Å². The maximum absolute atomic E-state index is 12.7. The molecule has 3 heterocycles. The number of rotatable bonds is 6. The summed E-state index contributed by atoms with van der Waals surface area (Å²) in [6.07, 6.45) is 4.26. The first-order chi connectivity index (χ1) is 16.1. The van der Waals surface area contributed by atoms with E-state index in [1.165, 1.54) is 23.0 Å². The van der Waals surface area contributed by atoms with E-state index in [4.69, 9.17) is 4.74 Å². The number of ether oxygens (including phenoxy) is 1. The molecule has 1 N–H and O–H groups in total. The Kier molecular flexibility index (Phi) is 6.20. The van der Waals surface area contributed by atoms with Crippen molar-refractivity contribution in [1.82, 2.24) is 9.58 Å². The van der Waals surface area contributed by atoms with Gasteiger partial charge in [0, 0.05) is 35.3 Å². The molecule has 0 saturated carbocycles. The molecule has 0 radical (unpaired) electrons. The number of nitrogens with one attached hydrogen (secondary N) is 1. The number of hydrogen-bond acceptors (Lipinski definition) is 7. The summed E-state index contributed by atoms with van der Waals surface area (Å²) >= 11 is 0. The maximum Gasteiger partial charge on any atom is 0.340 e. The summed E-state index contributed by atoms with van der Waals surface area (Å²) in [5.41, 5.74) is 4.88. The van der Waals surface area contributed by atoms with Crippen molar-refractivity contribution in [3.05, 3.63) is 82.8 Å². The Morgan fingerprint density at radius 1 is 1.12 bits per heavy atom. The van der Waals surface area contributed by atoms with Crippen molar-refractivity contribution < 1.29 is 27.5 Å². The van der Waals surface area contributed by atoms with Crippen molar-refractivity contribution in [3.63, 3.8) is 0 Å². The average Bonchev–Trinajstić information content (AvgIpc) is 3.10. The predicted octanol–water partition coefficient (Wildman–Crippen LogP) is 1.71. The number of hydrogen-bond donors (Lipinski definition) is 1. The van der Waals surface area contributed by atoms with Crippen LogP contribution in [0.25, 0.3) is 0 Å². The van der Waals surface area contributed by atoms with Crippen molar-refractivity contribution in [1.29, 1.82) is 0 Å². The average molecular weight is 483 g/mol. The van der Waals surface area contributed by atoms with Crippen LogP contribution in [0.5, 0.6) is 0 Å². The lowest BCUT2D eigenvalue weighted by Gasteiger charge is -2.26. The highest BCUT2D eigenvalue weighted by Crippen LogP contribution is 2.18. The van der Waals surface area contributed by atoms with Gasteiger partial charge in [-0.2, -0.15) is 0 Å². The van der Waals surface area contributed by atoms with Crippen LogP contribution >= 0.6 is 0 Å². The van der Waals surface area contributed by atoms with E-state index in [2.05, 4.69) is 9.82 Å². The third-order valence-corrected chi connectivity index (χ3v) is 6.54. The number of carbonyl (C=O) groups excluding carboxylic acids is 3. The fraction of sp³-hybridized carbons (Fsp3) is 0.217. The highest BCUT2D eigenvalue weighted by atomic mass is 32.2. The van der Waals surface area contributed by atoms with Crippen LogP contribution in [0.3, 0.4) is 0 Å². The fourth-order valence-corrected chi connectivity index (χ4v) is 4.56. The van der Waals surface area contributed by atoms with Crippen molar-refractivity contribution in [3.8, 4) is 0 Å². The smallest absolute Gasteiger partial charge is 0.340 e. The molecule has 0 aliphatic carbocycles. The molecule has 11 heteroatoms. The Morgan fingerprint density at radius 3 is 2.59 bits per heavy atom. The highest BCUT2D eigenvalue weighted by molar-refractivity contribution is 7.90. The van der Waals surface area contributed by atoms with Gasteiger partial charge in [0.15, 0.2) is 6.61 Å². The van der Waals surface area contributed by atoms with Crippen molar-refractivity contribution >= 4 is 33.5 Å². The number of amides is 1. The van der Waals surface area contributed by atoms with Gasteiger partial charge in [-0.05, 0) is 44.2 Å². The zero-order valence-electron chi connectivity index (χ0n) is 18.5. The molecule has 1 aromatic heterocycles. The van der Waals surface area contributed by atoms with Gasteiger partial charge in [-0.3, -0.25) is 19.7 Å². The van der Waals surface area contributed by atoms with Gasteiger partial charge in [-0.1, -0.05) is 18.2 Å². The third kappa shape index (κ3) is 4.84. The Morgan fingerprint density at radius 2 is 1.85 bits per heavy atom. The van der Waals surface area contributed by atoms with Gasteiger partial charge < -0.3 is 9.64 Å². The number of nitrogens with zero attached hydrogens (tertiary/aromatic N) is 3. The van der Waals surface area contributed by atoms with E-state index in [-0.39, 0.29) is 29.6 Å². The first-order valence-electron chi connectivity index (χ1n) is 10.4. The second kappa shape index (κ2) is 9.10. The summed E-state index contributed by atoms with van der Waals surface area (Å²) in [4.78, 5) is 39.2. The Balaban J connectivity index is 1.40. The number of sulfonamides is 1. The molecule has 2 aliphatic heterocycles. The molecule has 0 atom stereocenters. The Labute approximate surface area is 196 Å². The lowest BCUT2D eigenvalue weighted by Crippen LogP contribution is -2.37. The molecular weight excluding hydrogens is 460 g/mol. The molecule has 0 bridgehead atoms. The second-order valence-electron chi connectivity index (χ2n) is 7.77. The number of fused-ring (bicyclic) bond motifs is 1. The van der Waals surface area contributed by atoms with Crippen LogP contribution in [0.15, 0.2) is 64.7 Å². The molecule has 1 aromatic carbocycles. The van der Waals surface area contributed by atoms with Gasteiger partial charge in [-0.25, -0.2) is 13.2 Å². The predicted molar refractivity (Wildman–Crippen MR) is 124 cm³/mol. The topological polar surface area (TPSA) is 127 Å². The van der Waals surface area contributed by atoms with Gasteiger partial charge in [-0.15, -0.1) is 4.40 Å². The van der Waals surface area contributed by atoms with E-state index in [1.807, 2.05) is 6.07 Å². The lowest BCUT2D eigenvalue weighted by molar-refractivity contribution is -0.137. The van der Waals surface area contributed by atoms with Crippen LogP contribution in [-0.4, -0.2) is 60.4 Å². The van der Waals surface area contributed by atoms with Crippen molar-refractivity contribution in [2.45, 2.75) is 13.8 Å². The first kappa shape index (κ1) is 23.2. The molecule has 10 nitrogen and oxygen atoms in total. The number of carbonyl (C=O) groups is 3. The fourth-order valence-electron chi connectivity index (χ4n) is 3.59. The highest BCUT2D eigenvalue weighted by Gasteiger charge is 2.26. The van der Waals surface area contributed by atoms with Gasteiger partial charge >= 0.3 is 5.97 Å². The van der Waals surface area contributed by atoms with E-state index >= 15 is 0 Å². The molecule has 0 unspecified atom stereocenters. The van der Waals surface area contributed by atoms with Crippen LogP contribution < -0.4 is 5.43 Å². The van der Waals surface area contributed by atoms with Gasteiger partial charge in [0.05, 0.1) is 11.3 Å². The second-order valence-corrected chi connectivity index (χ2v) is 9.53. The standard InChI is InChI=1S/C23H22N4O6S/c1-15-12-19(16(2)27(15)24-22(29)17-6-4-3-5-7-17)20(28)14-33-23(30)18-8-9-21-25-34(31,32)11-10-26(21)13-18/h3-9,12-13H,10-11,14H2,1-2H3,(H,24,29). The summed E-state index contributed by atoms with van der Waals surface area (Å²) in [6.45, 7) is 3.11. The molecular formula is C23H22N4O6S. The number of ketones is 1. The number of esters is 1. The zero-order valence-corrected chi connectivity index (χ0v) is 19.3. The number of Topliss-reactive ketones (excluding diaryl/α,β-unsaturated/α-hetero) is 1. The summed E-state index contributed by atoms with van der Waals surface area (Å²) in [6, 6.07) is 10.3. The zero-order chi connectivity index (χ0) is 24.5. The van der Waals surface area contributed by atoms with Gasteiger partial charge in [0.1, 0.15) is 5.84 Å². The van der Waals surface area contributed by atoms with E-state index in [0.717, 1.165) is 0 Å². The SMILES string of the molecule is Cc1cc(C(=O)COC(=O)C2=CN3CCS(=O)(=O)N=C3C=C2)c(C)n1NC(=O)c1ccccc1. The van der Waals surface area contributed by atoms with Crippen LogP contribution in [0.2, 0.25) is 0 Å². The van der Waals surface area contributed by atoms with E-state index < -0.39 is 28.4 Å². The summed E-state index contributed by atoms with van der Waals surface area (Å²) in [5.74, 6) is -1.39. The minimum absolute atomic E-state index is 0.155. The quantitative estimate of drug-likeness (QED) is 0.490. The third-order valence-electron chi connectivity index (χ3n) is 5.37. The number of benzene rings is 1. The molecule has 0 fully saturated rings. The summed E-state index contributed by atoms with van der Waals surface area (Å²) in [5, 5.41) is 0.